The Morgan fingerprint density at radius 1 is 1.09 bits per heavy atom. The Hall–Kier alpha value is -1.24. The number of esters is 1. The van der Waals surface area contributed by atoms with Gasteiger partial charge in [-0.3, -0.25) is 4.79 Å². The van der Waals surface area contributed by atoms with E-state index >= 15 is 0 Å². The van der Waals surface area contributed by atoms with Gasteiger partial charge in [0.1, 0.15) is 23.4 Å². The minimum absolute atomic E-state index is 0.0630. The first-order chi connectivity index (χ1) is 15.9. The second kappa shape index (κ2) is 6.18. The fraction of sp³-hybridized carbons (Fsp3) is 0.857. The molecule has 3 saturated carbocycles. The van der Waals surface area contributed by atoms with E-state index < -0.39 is 22.2 Å². The molecule has 0 aromatic carbocycles. The summed E-state index contributed by atoms with van der Waals surface area (Å²) < 4.78 is 18.1. The van der Waals surface area contributed by atoms with E-state index in [9.17, 15) is 14.7 Å². The molecular formula is C28H38O6. The summed E-state index contributed by atoms with van der Waals surface area (Å²) in [5.41, 5.74) is -2.89. The molecule has 3 saturated heterocycles. The molecule has 0 amide bonds. The maximum Gasteiger partial charge on any atom is 0.341 e. The molecule has 0 radical (unpaired) electrons. The normalized spacial score (nSPS) is 61.9. The highest BCUT2D eigenvalue weighted by molar-refractivity contribution is 5.97. The standard InChI is InChI=1S/C28H38O6/c1-14(18-13-25(3)27(5,34-25)23(30)32-18)15-8-9-16-20-17(10-12-24(15,16)2)26(4)19(29)7-6-11-28(26,31)22-21(20)33-22/h6-7,14-18,20-22,31H,8-13H2,1-5H3/t14-,15+,16-,17-,18-,20-,21-,22-,24+,25-,26-,27+,28-/m0/s1. The summed E-state index contributed by atoms with van der Waals surface area (Å²) in [6.45, 7) is 10.6. The number of aliphatic hydroxyl groups is 1. The van der Waals surface area contributed by atoms with E-state index in [1.807, 2.05) is 26.8 Å². The number of ketones is 1. The molecule has 7 aliphatic rings. The number of carbonyl (C=O) groups excluding carboxylic acids is 2. The Morgan fingerprint density at radius 2 is 1.85 bits per heavy atom. The van der Waals surface area contributed by atoms with Crippen molar-refractivity contribution in [3.63, 3.8) is 0 Å². The zero-order valence-corrected chi connectivity index (χ0v) is 21.0. The van der Waals surface area contributed by atoms with Gasteiger partial charge in [0, 0.05) is 6.42 Å². The number of fused-ring (bicyclic) bond motifs is 9. The van der Waals surface area contributed by atoms with Gasteiger partial charge in [0.15, 0.2) is 11.4 Å². The first-order valence-corrected chi connectivity index (χ1v) is 13.4. The summed E-state index contributed by atoms with van der Waals surface area (Å²) in [6.07, 6.45) is 8.74. The maximum absolute atomic E-state index is 13.3. The second-order valence-electron chi connectivity index (χ2n) is 13.5. The Bertz CT molecular complexity index is 1020. The predicted octanol–water partition coefficient (Wildman–Crippen LogP) is 3.59. The fourth-order valence-corrected chi connectivity index (χ4v) is 10.0. The highest BCUT2D eigenvalue weighted by atomic mass is 16.7. The van der Waals surface area contributed by atoms with Crippen LogP contribution in [0.15, 0.2) is 12.2 Å². The molecule has 0 aromatic rings. The molecule has 0 aromatic heterocycles. The second-order valence-corrected chi connectivity index (χ2v) is 13.5. The fourth-order valence-electron chi connectivity index (χ4n) is 10.0. The van der Waals surface area contributed by atoms with Crippen molar-refractivity contribution in [2.45, 2.75) is 108 Å². The monoisotopic (exact) mass is 470 g/mol. The quantitative estimate of drug-likeness (QED) is 0.490. The lowest BCUT2D eigenvalue weighted by Crippen LogP contribution is -2.67. The molecule has 6 heteroatoms. The number of hydrogen-bond donors (Lipinski definition) is 1. The van der Waals surface area contributed by atoms with Gasteiger partial charge < -0.3 is 19.3 Å². The topological polar surface area (TPSA) is 88.7 Å². The SMILES string of the molecule is C[C@H]([C@@H]1C[C@]2(C)O[C@]2(C)C(=O)O1)[C@H]1CC[C@H]2[C@@H]3[C@@H]4O[C@@H]4[C@@]4(O)CC=CC(=O)[C@]4(C)[C@H]3CC[C@]12C. The molecule has 0 unspecified atom stereocenters. The number of rotatable bonds is 2. The van der Waals surface area contributed by atoms with Crippen LogP contribution in [-0.4, -0.2) is 52.0 Å². The van der Waals surface area contributed by atoms with E-state index in [1.165, 1.54) is 0 Å². The zero-order chi connectivity index (χ0) is 24.1. The lowest BCUT2D eigenvalue weighted by molar-refractivity contribution is -0.183. The third-order valence-electron chi connectivity index (χ3n) is 12.5. The van der Waals surface area contributed by atoms with Crippen LogP contribution in [0.4, 0.5) is 0 Å². The van der Waals surface area contributed by atoms with Crippen molar-refractivity contribution in [3.8, 4) is 0 Å². The van der Waals surface area contributed by atoms with Crippen molar-refractivity contribution in [2.24, 2.45) is 40.4 Å². The van der Waals surface area contributed by atoms with Crippen LogP contribution in [0.25, 0.3) is 0 Å². The molecule has 186 valence electrons. The molecule has 0 bridgehead atoms. The summed E-state index contributed by atoms with van der Waals surface area (Å²) in [7, 11) is 0. The largest absolute Gasteiger partial charge is 0.460 e. The molecule has 3 aliphatic heterocycles. The highest BCUT2D eigenvalue weighted by Gasteiger charge is 2.78. The zero-order valence-electron chi connectivity index (χ0n) is 21.0. The van der Waals surface area contributed by atoms with Crippen molar-refractivity contribution in [3.05, 3.63) is 12.2 Å². The third kappa shape index (κ3) is 2.26. The van der Waals surface area contributed by atoms with Crippen molar-refractivity contribution >= 4 is 11.8 Å². The van der Waals surface area contributed by atoms with Crippen molar-refractivity contribution < 1.29 is 28.9 Å². The van der Waals surface area contributed by atoms with Crippen LogP contribution in [0.5, 0.6) is 0 Å². The van der Waals surface area contributed by atoms with E-state index in [1.54, 1.807) is 6.08 Å². The van der Waals surface area contributed by atoms with Crippen LogP contribution in [0.1, 0.15) is 73.1 Å². The van der Waals surface area contributed by atoms with Crippen molar-refractivity contribution in [2.75, 3.05) is 0 Å². The summed E-state index contributed by atoms with van der Waals surface area (Å²) in [5, 5.41) is 11.7. The summed E-state index contributed by atoms with van der Waals surface area (Å²) in [6, 6.07) is 0. The molecule has 6 nitrogen and oxygen atoms in total. The van der Waals surface area contributed by atoms with Crippen molar-refractivity contribution in [1.82, 2.24) is 0 Å². The molecular weight excluding hydrogens is 432 g/mol. The van der Waals surface area contributed by atoms with Crippen LogP contribution in [0.2, 0.25) is 0 Å². The van der Waals surface area contributed by atoms with E-state index in [4.69, 9.17) is 14.2 Å². The summed E-state index contributed by atoms with van der Waals surface area (Å²) in [4.78, 5) is 26.0. The van der Waals surface area contributed by atoms with Gasteiger partial charge in [-0.1, -0.05) is 19.9 Å². The molecule has 4 aliphatic carbocycles. The maximum atomic E-state index is 13.3. The van der Waals surface area contributed by atoms with E-state index in [-0.39, 0.29) is 47.3 Å². The Morgan fingerprint density at radius 3 is 2.59 bits per heavy atom. The number of epoxide rings is 2. The average Bonchev–Trinajstić information content (AvgIpc) is 3.64. The van der Waals surface area contributed by atoms with E-state index in [2.05, 4.69) is 13.8 Å². The predicted molar refractivity (Wildman–Crippen MR) is 123 cm³/mol. The average molecular weight is 471 g/mol. The van der Waals surface area contributed by atoms with Gasteiger partial charge >= 0.3 is 5.97 Å². The minimum Gasteiger partial charge on any atom is -0.460 e. The first kappa shape index (κ1) is 22.0. The Kier molecular flexibility index (Phi) is 3.99. The third-order valence-corrected chi connectivity index (χ3v) is 12.5. The van der Waals surface area contributed by atoms with Crippen LogP contribution in [0, 0.1) is 40.4 Å². The van der Waals surface area contributed by atoms with Gasteiger partial charge in [0.2, 0.25) is 0 Å². The molecule has 7 rings (SSSR count). The smallest absolute Gasteiger partial charge is 0.341 e. The highest BCUT2D eigenvalue weighted by Crippen LogP contribution is 2.72. The first-order valence-electron chi connectivity index (χ1n) is 13.4. The van der Waals surface area contributed by atoms with Gasteiger partial charge in [-0.05, 0) is 94.0 Å². The van der Waals surface area contributed by atoms with Crippen LogP contribution < -0.4 is 0 Å². The van der Waals surface area contributed by atoms with E-state index in [0.717, 1.165) is 32.1 Å². The summed E-state index contributed by atoms with van der Waals surface area (Å²) >= 11 is 0. The molecule has 34 heavy (non-hydrogen) atoms. The van der Waals surface area contributed by atoms with Gasteiger partial charge in [-0.2, -0.15) is 0 Å². The van der Waals surface area contributed by atoms with Gasteiger partial charge in [0.05, 0.1) is 11.5 Å². The lowest BCUT2D eigenvalue weighted by Gasteiger charge is -2.60. The van der Waals surface area contributed by atoms with Crippen LogP contribution in [-0.2, 0) is 23.8 Å². The molecule has 3 heterocycles. The van der Waals surface area contributed by atoms with Crippen molar-refractivity contribution in [1.29, 1.82) is 0 Å². The molecule has 13 atom stereocenters. The number of allylic oxidation sites excluding steroid dienone is 1. The number of hydrogen-bond acceptors (Lipinski definition) is 6. The number of ether oxygens (including phenoxy) is 3. The van der Waals surface area contributed by atoms with Gasteiger partial charge in [-0.15, -0.1) is 0 Å². The molecule has 1 N–H and O–H groups in total. The Labute approximate surface area is 201 Å². The lowest BCUT2D eigenvalue weighted by atomic mass is 9.43. The van der Waals surface area contributed by atoms with Gasteiger partial charge in [0.25, 0.3) is 0 Å². The van der Waals surface area contributed by atoms with Gasteiger partial charge in [-0.25, -0.2) is 4.79 Å². The van der Waals surface area contributed by atoms with Crippen LogP contribution >= 0.6 is 0 Å². The van der Waals surface area contributed by atoms with Crippen LogP contribution in [0.3, 0.4) is 0 Å². The summed E-state index contributed by atoms with van der Waals surface area (Å²) in [5.74, 6) is 1.50. The molecule has 0 spiro atoms. The Balaban J connectivity index is 1.18. The molecule has 6 fully saturated rings. The number of carbonyl (C=O) groups is 2. The minimum atomic E-state index is -1.08. The number of cyclic esters (lactones) is 1. The van der Waals surface area contributed by atoms with E-state index in [0.29, 0.717) is 24.2 Å².